The Labute approximate surface area is 280 Å². The topological polar surface area (TPSA) is 59.1 Å². The fraction of sp³-hybridized carbons (Fsp3) is 0.487. The van der Waals surface area contributed by atoms with Crippen molar-refractivity contribution >= 4 is 29.1 Å². The summed E-state index contributed by atoms with van der Waals surface area (Å²) < 4.78 is 12.0. The van der Waals surface area contributed by atoms with Gasteiger partial charge in [-0.25, -0.2) is 0 Å². The molecule has 246 valence electrons. The van der Waals surface area contributed by atoms with Gasteiger partial charge in [0.15, 0.2) is 11.5 Å². The van der Waals surface area contributed by atoms with E-state index in [1.807, 2.05) is 65.3 Å². The van der Waals surface area contributed by atoms with Crippen molar-refractivity contribution in [2.24, 2.45) is 17.8 Å². The number of methoxy groups -OCH3 is 1. The molecular formula is C39H49ClN2O4. The van der Waals surface area contributed by atoms with Crippen LogP contribution in [-0.2, 0) is 16.0 Å². The van der Waals surface area contributed by atoms with Crippen molar-refractivity contribution in [3.63, 3.8) is 0 Å². The molecule has 1 heterocycles. The van der Waals surface area contributed by atoms with E-state index >= 15 is 0 Å². The molecule has 5 unspecified atom stereocenters. The van der Waals surface area contributed by atoms with Crippen LogP contribution in [0.25, 0.3) is 0 Å². The van der Waals surface area contributed by atoms with Gasteiger partial charge < -0.3 is 19.3 Å². The number of fused-ring (bicyclic) bond motifs is 1. The SMILES string of the molecule is CCC(C)Oc1cc2c(cc1OC)CC(=O)N(c1ccc(C(C)N(CC)C(=O)C3CCC(C(C)C)C3)cc1)C2c1ccc(Cl)cc1. The lowest BCUT2D eigenvalue weighted by atomic mass is 9.86. The van der Waals surface area contributed by atoms with E-state index in [1.165, 1.54) is 0 Å². The Hall–Kier alpha value is -3.51. The third-order valence-electron chi connectivity index (χ3n) is 10.2. The van der Waals surface area contributed by atoms with Gasteiger partial charge in [-0.1, -0.05) is 56.6 Å². The van der Waals surface area contributed by atoms with E-state index in [0.717, 1.165) is 53.6 Å². The fourth-order valence-corrected chi connectivity index (χ4v) is 7.30. The van der Waals surface area contributed by atoms with E-state index in [-0.39, 0.29) is 42.3 Å². The maximum atomic E-state index is 14.0. The number of amides is 2. The molecule has 7 heteroatoms. The summed E-state index contributed by atoms with van der Waals surface area (Å²) in [5, 5.41) is 0.638. The van der Waals surface area contributed by atoms with Crippen LogP contribution in [0.15, 0.2) is 60.7 Å². The van der Waals surface area contributed by atoms with Crippen LogP contribution >= 0.6 is 11.6 Å². The highest BCUT2D eigenvalue weighted by Gasteiger charge is 2.37. The molecule has 46 heavy (non-hydrogen) atoms. The van der Waals surface area contributed by atoms with Crippen molar-refractivity contribution in [2.75, 3.05) is 18.6 Å². The number of nitrogens with zero attached hydrogens (tertiary/aromatic N) is 2. The Balaban J connectivity index is 1.48. The smallest absolute Gasteiger partial charge is 0.232 e. The van der Waals surface area contributed by atoms with Crippen molar-refractivity contribution in [3.8, 4) is 11.5 Å². The molecule has 0 N–H and O–H groups in total. The van der Waals surface area contributed by atoms with Crippen LogP contribution in [0.1, 0.15) is 102 Å². The Morgan fingerprint density at radius 2 is 1.67 bits per heavy atom. The van der Waals surface area contributed by atoms with Gasteiger partial charge in [0.25, 0.3) is 0 Å². The summed E-state index contributed by atoms with van der Waals surface area (Å²) in [5.41, 5.74) is 4.73. The summed E-state index contributed by atoms with van der Waals surface area (Å²) in [4.78, 5) is 31.5. The second-order valence-electron chi connectivity index (χ2n) is 13.3. The molecular weight excluding hydrogens is 596 g/mol. The first-order valence-electron chi connectivity index (χ1n) is 16.9. The van der Waals surface area contributed by atoms with Crippen molar-refractivity contribution < 1.29 is 19.1 Å². The number of carbonyl (C=O) groups excluding carboxylic acids is 2. The molecule has 2 aliphatic rings. The Bertz CT molecular complexity index is 1520. The number of rotatable bonds is 11. The molecule has 0 radical (unpaired) electrons. The zero-order chi connectivity index (χ0) is 33.1. The fourth-order valence-electron chi connectivity index (χ4n) is 7.17. The maximum absolute atomic E-state index is 14.0. The van der Waals surface area contributed by atoms with E-state index in [2.05, 4.69) is 46.8 Å². The lowest BCUT2D eigenvalue weighted by Gasteiger charge is -2.38. The summed E-state index contributed by atoms with van der Waals surface area (Å²) in [7, 11) is 1.63. The van der Waals surface area contributed by atoms with E-state index in [0.29, 0.717) is 34.9 Å². The second kappa shape index (κ2) is 14.5. The largest absolute Gasteiger partial charge is 0.493 e. The monoisotopic (exact) mass is 644 g/mol. The molecule has 1 fully saturated rings. The second-order valence-corrected chi connectivity index (χ2v) is 13.8. The highest BCUT2D eigenvalue weighted by molar-refractivity contribution is 6.30. The Kier molecular flexibility index (Phi) is 10.7. The van der Waals surface area contributed by atoms with Crippen LogP contribution in [0, 0.1) is 17.8 Å². The van der Waals surface area contributed by atoms with E-state index in [9.17, 15) is 9.59 Å². The van der Waals surface area contributed by atoms with Gasteiger partial charge in [-0.2, -0.15) is 0 Å². The number of benzene rings is 3. The number of anilines is 1. The average molecular weight is 645 g/mol. The van der Waals surface area contributed by atoms with Gasteiger partial charge in [0.1, 0.15) is 0 Å². The molecule has 1 saturated carbocycles. The van der Waals surface area contributed by atoms with Crippen LogP contribution in [0.3, 0.4) is 0 Å². The summed E-state index contributed by atoms with van der Waals surface area (Å²) in [5.74, 6) is 2.89. The minimum absolute atomic E-state index is 0.00259. The summed E-state index contributed by atoms with van der Waals surface area (Å²) in [6, 6.07) is 19.4. The molecule has 5 atom stereocenters. The first-order chi connectivity index (χ1) is 22.1. The van der Waals surface area contributed by atoms with Crippen LogP contribution in [-0.4, -0.2) is 36.5 Å². The van der Waals surface area contributed by atoms with Crippen molar-refractivity contribution in [2.45, 2.75) is 91.8 Å². The average Bonchev–Trinajstić information content (AvgIpc) is 3.56. The predicted molar refractivity (Wildman–Crippen MR) is 186 cm³/mol. The van der Waals surface area contributed by atoms with Crippen LogP contribution in [0.4, 0.5) is 5.69 Å². The van der Waals surface area contributed by atoms with Crippen molar-refractivity contribution in [1.82, 2.24) is 4.90 Å². The highest BCUT2D eigenvalue weighted by atomic mass is 35.5. The van der Waals surface area contributed by atoms with Gasteiger partial charge in [0.05, 0.1) is 31.7 Å². The lowest BCUT2D eigenvalue weighted by Crippen LogP contribution is -2.41. The zero-order valence-electron chi connectivity index (χ0n) is 28.4. The number of hydrogen-bond donors (Lipinski definition) is 0. The van der Waals surface area contributed by atoms with E-state index in [1.54, 1.807) is 7.11 Å². The molecule has 1 aliphatic carbocycles. The Morgan fingerprint density at radius 1 is 0.978 bits per heavy atom. The summed E-state index contributed by atoms with van der Waals surface area (Å²) >= 11 is 6.29. The molecule has 3 aromatic carbocycles. The summed E-state index contributed by atoms with van der Waals surface area (Å²) in [6.45, 7) is 13.5. The van der Waals surface area contributed by atoms with Gasteiger partial charge >= 0.3 is 0 Å². The third-order valence-corrected chi connectivity index (χ3v) is 10.4. The van der Waals surface area contributed by atoms with Crippen LogP contribution in [0.5, 0.6) is 11.5 Å². The molecule has 0 aromatic heterocycles. The van der Waals surface area contributed by atoms with E-state index in [4.69, 9.17) is 21.1 Å². The number of halogens is 1. The zero-order valence-corrected chi connectivity index (χ0v) is 29.1. The molecule has 5 rings (SSSR count). The van der Waals surface area contributed by atoms with Crippen molar-refractivity contribution in [3.05, 3.63) is 87.9 Å². The maximum Gasteiger partial charge on any atom is 0.232 e. The number of ether oxygens (including phenoxy) is 2. The van der Waals surface area contributed by atoms with Gasteiger partial charge in [-0.05, 0) is 117 Å². The highest BCUT2D eigenvalue weighted by Crippen LogP contribution is 2.44. The lowest BCUT2D eigenvalue weighted by molar-refractivity contribution is -0.137. The van der Waals surface area contributed by atoms with Crippen LogP contribution in [0.2, 0.25) is 5.02 Å². The Morgan fingerprint density at radius 3 is 2.26 bits per heavy atom. The predicted octanol–water partition coefficient (Wildman–Crippen LogP) is 9.19. The number of carbonyl (C=O) groups is 2. The van der Waals surface area contributed by atoms with Gasteiger partial charge in [0, 0.05) is 23.2 Å². The standard InChI is InChI=1S/C39H49ClN2O4/c1-8-25(5)46-36-23-34-31(21-35(36)45-7)22-37(43)42(38(34)28-12-16-32(40)17-13-28)33-18-14-27(15-19-33)26(6)41(9-2)39(44)30-11-10-29(20-30)24(3)4/h12-19,21,23-26,29-30,38H,8-11,20,22H2,1-7H3. The molecule has 3 aromatic rings. The molecule has 1 aliphatic heterocycles. The van der Waals surface area contributed by atoms with Gasteiger partial charge in [-0.15, -0.1) is 0 Å². The first-order valence-corrected chi connectivity index (χ1v) is 17.3. The summed E-state index contributed by atoms with van der Waals surface area (Å²) in [6.07, 6.45) is 4.21. The van der Waals surface area contributed by atoms with Crippen molar-refractivity contribution in [1.29, 1.82) is 0 Å². The number of hydrogen-bond acceptors (Lipinski definition) is 4. The first kappa shape index (κ1) is 33.8. The molecule has 0 spiro atoms. The molecule has 0 bridgehead atoms. The normalized spacial score (nSPS) is 20.8. The molecule has 6 nitrogen and oxygen atoms in total. The van der Waals surface area contributed by atoms with Gasteiger partial charge in [0.2, 0.25) is 11.8 Å². The quantitative estimate of drug-likeness (QED) is 0.209. The van der Waals surface area contributed by atoms with Gasteiger partial charge in [-0.3, -0.25) is 9.59 Å². The van der Waals surface area contributed by atoms with E-state index < -0.39 is 0 Å². The minimum atomic E-state index is -0.382. The van der Waals surface area contributed by atoms with Crippen LogP contribution < -0.4 is 14.4 Å². The molecule has 2 amide bonds. The molecule has 0 saturated heterocycles. The third kappa shape index (κ3) is 6.92. The minimum Gasteiger partial charge on any atom is -0.493 e.